The highest BCUT2D eigenvalue weighted by Gasteiger charge is 2.26. The first-order valence-corrected chi connectivity index (χ1v) is 6.16. The van der Waals surface area contributed by atoms with Crippen LogP contribution in [0.1, 0.15) is 19.3 Å². The van der Waals surface area contributed by atoms with E-state index in [1.807, 2.05) is 24.3 Å². The first-order valence-electron chi connectivity index (χ1n) is 6.16. The van der Waals surface area contributed by atoms with Crippen molar-refractivity contribution in [3.63, 3.8) is 0 Å². The van der Waals surface area contributed by atoms with Gasteiger partial charge in [0, 0.05) is 0 Å². The maximum Gasteiger partial charge on any atom is 0.124 e. The molecule has 0 saturated heterocycles. The van der Waals surface area contributed by atoms with Crippen LogP contribution in [0.2, 0.25) is 0 Å². The number of aliphatic hydroxyl groups is 1. The van der Waals surface area contributed by atoms with E-state index in [0.717, 1.165) is 25.0 Å². The molecule has 17 heavy (non-hydrogen) atoms. The summed E-state index contributed by atoms with van der Waals surface area (Å²) in [6, 6.07) is 14.3. The maximum absolute atomic E-state index is 9.74. The molecule has 0 aromatic heterocycles. The number of benzene rings is 2. The van der Waals surface area contributed by atoms with Gasteiger partial charge in [0.05, 0.1) is 6.10 Å². The minimum atomic E-state index is -0.304. The SMILES string of the molecule is OC1CCCC1Oc1ccc2ccccc2c1. The molecule has 0 bridgehead atoms. The molecule has 0 amide bonds. The minimum absolute atomic E-state index is 0.0313. The van der Waals surface area contributed by atoms with Crippen LogP contribution in [0.15, 0.2) is 42.5 Å². The fourth-order valence-electron chi connectivity index (χ4n) is 2.46. The second kappa shape index (κ2) is 4.38. The smallest absolute Gasteiger partial charge is 0.124 e. The molecule has 1 N–H and O–H groups in total. The number of hydrogen-bond acceptors (Lipinski definition) is 2. The highest BCUT2D eigenvalue weighted by molar-refractivity contribution is 5.83. The van der Waals surface area contributed by atoms with E-state index in [1.165, 1.54) is 10.8 Å². The van der Waals surface area contributed by atoms with Gasteiger partial charge in [-0.2, -0.15) is 0 Å². The molecule has 1 saturated carbocycles. The molecule has 1 aliphatic rings. The van der Waals surface area contributed by atoms with Crippen molar-refractivity contribution in [1.29, 1.82) is 0 Å². The van der Waals surface area contributed by atoms with Crippen molar-refractivity contribution < 1.29 is 9.84 Å². The summed E-state index contributed by atoms with van der Waals surface area (Å²) in [7, 11) is 0. The van der Waals surface area contributed by atoms with Gasteiger partial charge in [-0.1, -0.05) is 30.3 Å². The van der Waals surface area contributed by atoms with Gasteiger partial charge in [0.25, 0.3) is 0 Å². The zero-order valence-corrected chi connectivity index (χ0v) is 9.67. The van der Waals surface area contributed by atoms with Crippen molar-refractivity contribution in [2.45, 2.75) is 31.5 Å². The van der Waals surface area contributed by atoms with E-state index in [-0.39, 0.29) is 12.2 Å². The number of hydrogen-bond donors (Lipinski definition) is 1. The first kappa shape index (κ1) is 10.6. The van der Waals surface area contributed by atoms with Gasteiger partial charge in [0.2, 0.25) is 0 Å². The van der Waals surface area contributed by atoms with Crippen molar-refractivity contribution >= 4 is 10.8 Å². The van der Waals surface area contributed by atoms with Gasteiger partial charge in [-0.05, 0) is 42.2 Å². The van der Waals surface area contributed by atoms with E-state index >= 15 is 0 Å². The second-order valence-electron chi connectivity index (χ2n) is 4.66. The van der Waals surface area contributed by atoms with Crippen LogP contribution >= 0.6 is 0 Å². The van der Waals surface area contributed by atoms with Crippen LogP contribution in [-0.2, 0) is 0 Å². The van der Waals surface area contributed by atoms with E-state index in [0.29, 0.717) is 0 Å². The molecule has 1 fully saturated rings. The summed E-state index contributed by atoms with van der Waals surface area (Å²) in [4.78, 5) is 0. The van der Waals surface area contributed by atoms with Crippen LogP contribution in [0.4, 0.5) is 0 Å². The van der Waals surface area contributed by atoms with Crippen LogP contribution in [0.25, 0.3) is 10.8 Å². The number of ether oxygens (including phenoxy) is 1. The van der Waals surface area contributed by atoms with Crippen molar-refractivity contribution in [2.75, 3.05) is 0 Å². The average molecular weight is 228 g/mol. The molecule has 1 aliphatic carbocycles. The highest BCUT2D eigenvalue weighted by atomic mass is 16.5. The molecular weight excluding hydrogens is 212 g/mol. The van der Waals surface area contributed by atoms with Gasteiger partial charge in [-0.15, -0.1) is 0 Å². The van der Waals surface area contributed by atoms with Gasteiger partial charge < -0.3 is 9.84 Å². The lowest BCUT2D eigenvalue weighted by Crippen LogP contribution is -2.25. The van der Waals surface area contributed by atoms with Crippen LogP contribution in [0, 0.1) is 0 Å². The van der Waals surface area contributed by atoms with E-state index in [9.17, 15) is 5.11 Å². The van der Waals surface area contributed by atoms with E-state index in [2.05, 4.69) is 18.2 Å². The molecule has 3 rings (SSSR count). The zero-order valence-electron chi connectivity index (χ0n) is 9.67. The summed E-state index contributed by atoms with van der Waals surface area (Å²) in [6.45, 7) is 0. The standard InChI is InChI=1S/C15H16O2/c16-14-6-3-7-15(14)17-13-9-8-11-4-1-2-5-12(11)10-13/h1-2,4-5,8-10,14-16H,3,6-7H2. The fraction of sp³-hybridized carbons (Fsp3) is 0.333. The maximum atomic E-state index is 9.74. The fourth-order valence-corrected chi connectivity index (χ4v) is 2.46. The van der Waals surface area contributed by atoms with Gasteiger partial charge in [0.15, 0.2) is 0 Å². The summed E-state index contributed by atoms with van der Waals surface area (Å²) in [5.74, 6) is 0.856. The summed E-state index contributed by atoms with van der Waals surface area (Å²) in [5.41, 5.74) is 0. The molecule has 2 unspecified atom stereocenters. The lowest BCUT2D eigenvalue weighted by atomic mass is 10.1. The largest absolute Gasteiger partial charge is 0.488 e. The van der Waals surface area contributed by atoms with Crippen LogP contribution in [0.3, 0.4) is 0 Å². The average Bonchev–Trinajstić information content (AvgIpc) is 2.75. The summed E-state index contributed by atoms with van der Waals surface area (Å²) in [5, 5.41) is 12.1. The Labute approximate surface area is 101 Å². The monoisotopic (exact) mass is 228 g/mol. The van der Waals surface area contributed by atoms with E-state index < -0.39 is 0 Å². The molecule has 0 aliphatic heterocycles. The molecule has 2 aromatic rings. The van der Waals surface area contributed by atoms with E-state index in [1.54, 1.807) is 0 Å². The van der Waals surface area contributed by atoms with Crippen molar-refractivity contribution in [3.05, 3.63) is 42.5 Å². The molecule has 0 radical (unpaired) electrons. The zero-order chi connectivity index (χ0) is 11.7. The molecule has 2 aromatic carbocycles. The molecular formula is C15H16O2. The Morgan fingerprint density at radius 1 is 1.00 bits per heavy atom. The third-order valence-electron chi connectivity index (χ3n) is 3.43. The first-order chi connectivity index (χ1) is 8.33. The topological polar surface area (TPSA) is 29.5 Å². The molecule has 2 heteroatoms. The van der Waals surface area contributed by atoms with Gasteiger partial charge in [0.1, 0.15) is 11.9 Å². The second-order valence-corrected chi connectivity index (χ2v) is 4.66. The number of aliphatic hydroxyl groups excluding tert-OH is 1. The van der Waals surface area contributed by atoms with Crippen LogP contribution in [-0.4, -0.2) is 17.3 Å². The van der Waals surface area contributed by atoms with Gasteiger partial charge in [-0.25, -0.2) is 0 Å². The van der Waals surface area contributed by atoms with E-state index in [4.69, 9.17) is 4.74 Å². The Hall–Kier alpha value is -1.54. The van der Waals surface area contributed by atoms with Crippen LogP contribution in [0.5, 0.6) is 5.75 Å². The Balaban J connectivity index is 1.85. The highest BCUT2D eigenvalue weighted by Crippen LogP contribution is 2.27. The Morgan fingerprint density at radius 2 is 1.82 bits per heavy atom. The molecule has 2 nitrogen and oxygen atoms in total. The van der Waals surface area contributed by atoms with Crippen molar-refractivity contribution in [3.8, 4) is 5.75 Å². The third-order valence-corrected chi connectivity index (χ3v) is 3.43. The Morgan fingerprint density at radius 3 is 2.59 bits per heavy atom. The lowest BCUT2D eigenvalue weighted by molar-refractivity contribution is 0.0605. The number of fused-ring (bicyclic) bond motifs is 1. The summed E-state index contributed by atoms with van der Waals surface area (Å²) < 4.78 is 5.85. The third kappa shape index (κ3) is 2.13. The quantitative estimate of drug-likeness (QED) is 0.855. The van der Waals surface area contributed by atoms with Crippen molar-refractivity contribution in [2.24, 2.45) is 0 Å². The molecule has 0 heterocycles. The van der Waals surface area contributed by atoms with Crippen molar-refractivity contribution in [1.82, 2.24) is 0 Å². The minimum Gasteiger partial charge on any atom is -0.488 e. The molecule has 2 atom stereocenters. The summed E-state index contributed by atoms with van der Waals surface area (Å²) >= 11 is 0. The molecule has 0 spiro atoms. The normalized spacial score (nSPS) is 24.1. The number of rotatable bonds is 2. The summed E-state index contributed by atoms with van der Waals surface area (Å²) in [6.07, 6.45) is 2.53. The van der Waals surface area contributed by atoms with Gasteiger partial charge >= 0.3 is 0 Å². The Bertz CT molecular complexity index is 521. The van der Waals surface area contributed by atoms with Crippen LogP contribution < -0.4 is 4.74 Å². The van der Waals surface area contributed by atoms with Gasteiger partial charge in [-0.3, -0.25) is 0 Å². The predicted molar refractivity (Wildman–Crippen MR) is 68.2 cm³/mol. The molecule has 88 valence electrons. The lowest BCUT2D eigenvalue weighted by Gasteiger charge is -2.17. The Kier molecular flexibility index (Phi) is 2.73. The predicted octanol–water partition coefficient (Wildman–Crippen LogP) is 3.13.